The van der Waals surface area contributed by atoms with Gasteiger partial charge in [0.1, 0.15) is 24.2 Å². The third-order valence-electron chi connectivity index (χ3n) is 4.10. The molecule has 0 saturated carbocycles. The van der Waals surface area contributed by atoms with Crippen molar-refractivity contribution in [3.63, 3.8) is 0 Å². The SMILES string of the molecule is c1ccc(Oc2ccc(-c3ccc(OCCOCC4CO4)cc3)cc2)nc1. The van der Waals surface area contributed by atoms with Crippen molar-refractivity contribution >= 4 is 0 Å². The standard InChI is InChI=1S/C22H21NO4/c1-2-12-23-22(3-1)27-20-10-6-18(7-11-20)17-4-8-19(9-5-17)25-14-13-24-15-21-16-26-21/h1-12,21H,13-16H2. The van der Waals surface area contributed by atoms with Gasteiger partial charge in [-0.2, -0.15) is 0 Å². The van der Waals surface area contributed by atoms with Gasteiger partial charge in [-0.15, -0.1) is 0 Å². The number of pyridine rings is 1. The summed E-state index contributed by atoms with van der Waals surface area (Å²) in [6.45, 7) is 2.58. The van der Waals surface area contributed by atoms with Crippen LogP contribution in [0.15, 0.2) is 72.9 Å². The van der Waals surface area contributed by atoms with E-state index in [9.17, 15) is 0 Å². The molecule has 1 saturated heterocycles. The van der Waals surface area contributed by atoms with Crippen LogP contribution in [0.1, 0.15) is 0 Å². The first kappa shape index (κ1) is 17.5. The molecule has 0 radical (unpaired) electrons. The molecule has 1 unspecified atom stereocenters. The lowest BCUT2D eigenvalue weighted by molar-refractivity contribution is 0.0878. The number of rotatable bonds is 9. The Bertz CT molecular complexity index is 830. The van der Waals surface area contributed by atoms with Crippen LogP contribution in [0.25, 0.3) is 11.1 Å². The largest absolute Gasteiger partial charge is 0.491 e. The van der Waals surface area contributed by atoms with Crippen LogP contribution < -0.4 is 9.47 Å². The van der Waals surface area contributed by atoms with Crippen molar-refractivity contribution in [3.8, 4) is 28.5 Å². The summed E-state index contributed by atoms with van der Waals surface area (Å²) in [5.74, 6) is 2.18. The minimum atomic E-state index is 0.296. The van der Waals surface area contributed by atoms with Crippen LogP contribution in [0, 0.1) is 0 Å². The molecule has 1 fully saturated rings. The summed E-state index contributed by atoms with van der Waals surface area (Å²) < 4.78 is 22.0. The van der Waals surface area contributed by atoms with Crippen LogP contribution in [0.3, 0.4) is 0 Å². The van der Waals surface area contributed by atoms with Crippen molar-refractivity contribution in [1.82, 2.24) is 4.98 Å². The van der Waals surface area contributed by atoms with Crippen molar-refractivity contribution in [3.05, 3.63) is 72.9 Å². The highest BCUT2D eigenvalue weighted by Gasteiger charge is 2.21. The molecule has 4 rings (SSSR count). The van der Waals surface area contributed by atoms with E-state index in [2.05, 4.69) is 4.98 Å². The van der Waals surface area contributed by atoms with Crippen molar-refractivity contribution in [2.24, 2.45) is 0 Å². The quantitative estimate of drug-likeness (QED) is 0.418. The van der Waals surface area contributed by atoms with E-state index >= 15 is 0 Å². The molecular formula is C22H21NO4. The summed E-state index contributed by atoms with van der Waals surface area (Å²) in [5.41, 5.74) is 2.23. The van der Waals surface area contributed by atoms with E-state index in [0.29, 0.717) is 31.8 Å². The third-order valence-corrected chi connectivity index (χ3v) is 4.10. The van der Waals surface area contributed by atoms with Crippen LogP contribution in [0.5, 0.6) is 17.4 Å². The van der Waals surface area contributed by atoms with Gasteiger partial charge in [-0.25, -0.2) is 4.98 Å². The van der Waals surface area contributed by atoms with E-state index in [1.54, 1.807) is 6.20 Å². The molecule has 1 aromatic heterocycles. The summed E-state index contributed by atoms with van der Waals surface area (Å²) >= 11 is 0. The smallest absolute Gasteiger partial charge is 0.219 e. The second kappa shape index (κ2) is 8.66. The number of ether oxygens (including phenoxy) is 4. The zero-order valence-corrected chi connectivity index (χ0v) is 14.9. The molecule has 5 heteroatoms. The molecule has 3 aromatic rings. The fraction of sp³-hybridized carbons (Fsp3) is 0.227. The molecular weight excluding hydrogens is 342 g/mol. The molecule has 1 aliphatic heterocycles. The maximum Gasteiger partial charge on any atom is 0.219 e. The maximum absolute atomic E-state index is 5.72. The lowest BCUT2D eigenvalue weighted by Crippen LogP contribution is -2.10. The average molecular weight is 363 g/mol. The molecule has 5 nitrogen and oxygen atoms in total. The first-order chi connectivity index (χ1) is 13.4. The van der Waals surface area contributed by atoms with Crippen LogP contribution in [0.4, 0.5) is 0 Å². The van der Waals surface area contributed by atoms with Gasteiger partial charge < -0.3 is 18.9 Å². The highest BCUT2D eigenvalue weighted by atomic mass is 16.6. The lowest BCUT2D eigenvalue weighted by Gasteiger charge is -2.09. The number of hydrogen-bond donors (Lipinski definition) is 0. The highest BCUT2D eigenvalue weighted by molar-refractivity contribution is 5.65. The monoisotopic (exact) mass is 363 g/mol. The molecule has 1 atom stereocenters. The van der Waals surface area contributed by atoms with Gasteiger partial charge in [-0.1, -0.05) is 30.3 Å². The van der Waals surface area contributed by atoms with E-state index < -0.39 is 0 Å². The normalized spacial score (nSPS) is 15.3. The minimum Gasteiger partial charge on any atom is -0.491 e. The molecule has 0 amide bonds. The van der Waals surface area contributed by atoms with E-state index in [0.717, 1.165) is 29.2 Å². The van der Waals surface area contributed by atoms with Gasteiger partial charge in [0, 0.05) is 12.3 Å². The average Bonchev–Trinajstić information content (AvgIpc) is 3.54. The van der Waals surface area contributed by atoms with Gasteiger partial charge in [0.25, 0.3) is 0 Å². The topological polar surface area (TPSA) is 53.1 Å². The summed E-state index contributed by atoms with van der Waals surface area (Å²) in [5, 5.41) is 0. The Labute approximate surface area is 158 Å². The molecule has 0 spiro atoms. The second-order valence-corrected chi connectivity index (χ2v) is 6.20. The van der Waals surface area contributed by atoms with Gasteiger partial charge in [0.15, 0.2) is 0 Å². The van der Waals surface area contributed by atoms with Gasteiger partial charge in [-0.3, -0.25) is 0 Å². The summed E-state index contributed by atoms with van der Waals surface area (Å²) in [4.78, 5) is 4.16. The molecule has 2 aromatic carbocycles. The molecule has 2 heterocycles. The molecule has 0 N–H and O–H groups in total. The Balaban J connectivity index is 1.28. The molecule has 27 heavy (non-hydrogen) atoms. The first-order valence-corrected chi connectivity index (χ1v) is 8.98. The van der Waals surface area contributed by atoms with Gasteiger partial charge in [-0.05, 0) is 41.5 Å². The van der Waals surface area contributed by atoms with Crippen LogP contribution in [-0.2, 0) is 9.47 Å². The zero-order valence-electron chi connectivity index (χ0n) is 14.9. The Morgan fingerprint density at radius 1 is 0.852 bits per heavy atom. The molecule has 0 bridgehead atoms. The molecule has 138 valence electrons. The summed E-state index contributed by atoms with van der Waals surface area (Å²) in [7, 11) is 0. The van der Waals surface area contributed by atoms with Crippen molar-refractivity contribution in [2.45, 2.75) is 6.10 Å². The Hall–Kier alpha value is -2.89. The zero-order chi connectivity index (χ0) is 18.3. The number of aromatic nitrogens is 1. The van der Waals surface area contributed by atoms with Gasteiger partial charge >= 0.3 is 0 Å². The van der Waals surface area contributed by atoms with E-state index in [-0.39, 0.29) is 0 Å². The Morgan fingerprint density at radius 3 is 2.19 bits per heavy atom. The first-order valence-electron chi connectivity index (χ1n) is 8.98. The van der Waals surface area contributed by atoms with Crippen LogP contribution in [-0.4, -0.2) is 37.5 Å². The molecule has 1 aliphatic rings. The minimum absolute atomic E-state index is 0.296. The van der Waals surface area contributed by atoms with Gasteiger partial charge in [0.2, 0.25) is 5.88 Å². The second-order valence-electron chi connectivity index (χ2n) is 6.20. The van der Waals surface area contributed by atoms with E-state index in [1.807, 2.05) is 66.7 Å². The Morgan fingerprint density at radius 2 is 1.56 bits per heavy atom. The van der Waals surface area contributed by atoms with Crippen LogP contribution in [0.2, 0.25) is 0 Å². The van der Waals surface area contributed by atoms with Crippen LogP contribution >= 0.6 is 0 Å². The van der Waals surface area contributed by atoms with E-state index in [4.69, 9.17) is 18.9 Å². The van der Waals surface area contributed by atoms with Gasteiger partial charge in [0.05, 0.1) is 19.8 Å². The van der Waals surface area contributed by atoms with E-state index in [1.165, 1.54) is 0 Å². The number of benzene rings is 2. The summed E-state index contributed by atoms with van der Waals surface area (Å²) in [6, 6.07) is 21.6. The fourth-order valence-corrected chi connectivity index (χ4v) is 2.58. The van der Waals surface area contributed by atoms with Crippen molar-refractivity contribution < 1.29 is 18.9 Å². The third kappa shape index (κ3) is 5.29. The van der Waals surface area contributed by atoms with Crippen molar-refractivity contribution in [2.75, 3.05) is 26.4 Å². The van der Waals surface area contributed by atoms with Crippen molar-refractivity contribution in [1.29, 1.82) is 0 Å². The predicted molar refractivity (Wildman–Crippen MR) is 102 cm³/mol. The number of nitrogens with zero attached hydrogens (tertiary/aromatic N) is 1. The maximum atomic E-state index is 5.72. The lowest BCUT2D eigenvalue weighted by atomic mass is 10.1. The number of epoxide rings is 1. The summed E-state index contributed by atoms with van der Waals surface area (Å²) in [6.07, 6.45) is 2.01. The fourth-order valence-electron chi connectivity index (χ4n) is 2.58. The Kier molecular flexibility index (Phi) is 5.62. The highest BCUT2D eigenvalue weighted by Crippen LogP contribution is 2.26. The molecule has 0 aliphatic carbocycles. The predicted octanol–water partition coefficient (Wildman–Crippen LogP) is 4.34. The number of hydrogen-bond acceptors (Lipinski definition) is 5.